The van der Waals surface area contributed by atoms with Gasteiger partial charge in [-0.2, -0.15) is 0 Å². The first-order chi connectivity index (χ1) is 9.89. The van der Waals surface area contributed by atoms with Gasteiger partial charge in [-0.3, -0.25) is 4.79 Å². The minimum atomic E-state index is -2.19. The van der Waals surface area contributed by atoms with Crippen molar-refractivity contribution in [2.75, 3.05) is 0 Å². The van der Waals surface area contributed by atoms with Gasteiger partial charge in [0.05, 0.1) is 14.2 Å². The van der Waals surface area contributed by atoms with Crippen molar-refractivity contribution in [1.82, 2.24) is 0 Å². The molecule has 0 bridgehead atoms. The van der Waals surface area contributed by atoms with Crippen molar-refractivity contribution in [3.8, 4) is 0 Å². The van der Waals surface area contributed by atoms with Crippen LogP contribution in [0.1, 0.15) is 6.92 Å². The number of azide groups is 1. The van der Waals surface area contributed by atoms with E-state index in [9.17, 15) is 9.90 Å². The molecule has 4 atom stereocenters. The van der Waals surface area contributed by atoms with Gasteiger partial charge in [0.1, 0.15) is 12.1 Å². The number of nitrogens with zero attached hydrogens (tertiary/aromatic N) is 3. The summed E-state index contributed by atoms with van der Waals surface area (Å²) >= 11 is 0. The fourth-order valence-electron chi connectivity index (χ4n) is 3.04. The lowest BCUT2D eigenvalue weighted by atomic mass is 10.1. The van der Waals surface area contributed by atoms with Crippen molar-refractivity contribution in [3.05, 3.63) is 40.8 Å². The fourth-order valence-corrected chi connectivity index (χ4v) is 6.64. The third-order valence-electron chi connectivity index (χ3n) is 4.19. The maximum absolute atomic E-state index is 12.0. The molecule has 0 unspecified atom stereocenters. The summed E-state index contributed by atoms with van der Waals surface area (Å²) in [6, 6.07) is 8.99. The van der Waals surface area contributed by atoms with Gasteiger partial charge in [-0.05, 0) is 12.5 Å². The van der Waals surface area contributed by atoms with Crippen LogP contribution in [-0.2, 0) is 9.53 Å². The van der Waals surface area contributed by atoms with Crippen molar-refractivity contribution < 1.29 is 14.6 Å². The molecule has 1 aromatic carbocycles. The van der Waals surface area contributed by atoms with Crippen molar-refractivity contribution in [1.29, 1.82) is 0 Å². The number of rotatable bonds is 4. The Morgan fingerprint density at radius 3 is 2.52 bits per heavy atom. The summed E-state index contributed by atoms with van der Waals surface area (Å²) in [7, 11) is -2.19. The molecule has 1 aromatic rings. The molecular weight excluding hydrogens is 286 g/mol. The van der Waals surface area contributed by atoms with Gasteiger partial charge in [-0.1, -0.05) is 53.7 Å². The number of aliphatic hydroxyl groups is 1. The molecule has 0 spiro atoms. The summed E-state index contributed by atoms with van der Waals surface area (Å²) in [5.41, 5.74) is 8.44. The van der Waals surface area contributed by atoms with Crippen LogP contribution < -0.4 is 5.19 Å². The van der Waals surface area contributed by atoms with Gasteiger partial charge in [-0.25, -0.2) is 0 Å². The lowest BCUT2D eigenvalue weighted by Crippen LogP contribution is -2.53. The first kappa shape index (κ1) is 15.6. The Hall–Kier alpha value is -1.82. The lowest BCUT2D eigenvalue weighted by Gasteiger charge is -2.35. The van der Waals surface area contributed by atoms with E-state index in [-0.39, 0.29) is 5.54 Å². The molecule has 112 valence electrons. The van der Waals surface area contributed by atoms with Crippen LogP contribution in [0.4, 0.5) is 0 Å². The topological polar surface area (TPSA) is 95.3 Å². The molecule has 0 aromatic heterocycles. The second-order valence-electron chi connectivity index (χ2n) is 5.91. The zero-order valence-electron chi connectivity index (χ0n) is 12.3. The molecule has 1 saturated heterocycles. The molecule has 21 heavy (non-hydrogen) atoms. The highest BCUT2D eigenvalue weighted by atomic mass is 28.3. The average molecular weight is 305 g/mol. The van der Waals surface area contributed by atoms with E-state index >= 15 is 0 Å². The molecule has 7 heteroatoms. The largest absolute Gasteiger partial charge is 0.459 e. The number of carbonyl (C=O) groups excluding carboxylic acids is 1. The molecule has 1 aliphatic rings. The predicted octanol–water partition coefficient (Wildman–Crippen LogP) is 1.96. The Morgan fingerprint density at radius 2 is 2.00 bits per heavy atom. The first-order valence-electron chi connectivity index (χ1n) is 6.88. The van der Waals surface area contributed by atoms with Gasteiger partial charge < -0.3 is 9.84 Å². The maximum Gasteiger partial charge on any atom is 0.315 e. The number of aliphatic hydroxyl groups excluding tert-OH is 1. The summed E-state index contributed by atoms with van der Waals surface area (Å²) < 4.78 is 5.29. The molecular formula is C14H19N3O3Si. The van der Waals surface area contributed by atoms with Crippen LogP contribution in [0.3, 0.4) is 0 Å². The molecule has 0 aliphatic carbocycles. The number of hydrogen-bond donors (Lipinski definition) is 1. The van der Waals surface area contributed by atoms with Crippen LogP contribution in [0.5, 0.6) is 0 Å². The van der Waals surface area contributed by atoms with Gasteiger partial charge in [0, 0.05) is 10.5 Å². The van der Waals surface area contributed by atoms with Crippen molar-refractivity contribution in [2.24, 2.45) is 5.11 Å². The standard InChI is InChI=1S/C14H19N3O3Si/c1-9(18)12-13(11(16-17-15)14(19)20-12)21(2,3)10-7-5-4-6-8-10/h4-9,11-13,18H,1-3H3/t9-,11-,12+,13-/m0/s1. The zero-order valence-corrected chi connectivity index (χ0v) is 13.3. The highest BCUT2D eigenvalue weighted by Gasteiger charge is 2.54. The Balaban J connectivity index is 2.49. The summed E-state index contributed by atoms with van der Waals surface area (Å²) in [5, 5.41) is 14.7. The Labute approximate surface area is 124 Å². The molecule has 0 amide bonds. The molecule has 1 fully saturated rings. The van der Waals surface area contributed by atoms with Crippen LogP contribution in [0.2, 0.25) is 18.6 Å². The van der Waals surface area contributed by atoms with Crippen molar-refractivity contribution >= 4 is 19.2 Å². The summed E-state index contributed by atoms with van der Waals surface area (Å²) in [4.78, 5) is 14.8. The Kier molecular flexibility index (Phi) is 4.36. The van der Waals surface area contributed by atoms with Crippen molar-refractivity contribution in [3.63, 3.8) is 0 Å². The maximum atomic E-state index is 12.0. The van der Waals surface area contributed by atoms with Crippen LogP contribution >= 0.6 is 0 Å². The monoisotopic (exact) mass is 305 g/mol. The van der Waals surface area contributed by atoms with Gasteiger partial charge in [0.2, 0.25) is 0 Å². The van der Waals surface area contributed by atoms with E-state index < -0.39 is 32.3 Å². The smallest absolute Gasteiger partial charge is 0.315 e. The van der Waals surface area contributed by atoms with Crippen LogP contribution in [0.15, 0.2) is 35.4 Å². The number of ether oxygens (including phenoxy) is 1. The molecule has 0 radical (unpaired) electrons. The lowest BCUT2D eigenvalue weighted by molar-refractivity contribution is -0.145. The number of esters is 1. The number of hydrogen-bond acceptors (Lipinski definition) is 4. The van der Waals surface area contributed by atoms with E-state index in [0.717, 1.165) is 5.19 Å². The average Bonchev–Trinajstić information content (AvgIpc) is 2.78. The molecule has 0 saturated carbocycles. The van der Waals surface area contributed by atoms with E-state index in [1.807, 2.05) is 30.3 Å². The van der Waals surface area contributed by atoms with Crippen molar-refractivity contribution in [2.45, 2.75) is 43.8 Å². The van der Waals surface area contributed by atoms with E-state index in [0.29, 0.717) is 0 Å². The fraction of sp³-hybridized carbons (Fsp3) is 0.500. The first-order valence-corrected chi connectivity index (χ1v) is 9.95. The minimum Gasteiger partial charge on any atom is -0.459 e. The van der Waals surface area contributed by atoms with E-state index in [1.165, 1.54) is 0 Å². The van der Waals surface area contributed by atoms with Gasteiger partial charge >= 0.3 is 5.97 Å². The van der Waals surface area contributed by atoms with E-state index in [1.54, 1.807) is 6.92 Å². The molecule has 1 heterocycles. The number of carbonyl (C=O) groups is 1. The second-order valence-corrected chi connectivity index (χ2v) is 10.6. The minimum absolute atomic E-state index is 0.289. The summed E-state index contributed by atoms with van der Waals surface area (Å²) in [6.45, 7) is 5.80. The van der Waals surface area contributed by atoms with E-state index in [2.05, 4.69) is 23.1 Å². The number of cyclic esters (lactones) is 1. The van der Waals surface area contributed by atoms with Gasteiger partial charge in [0.25, 0.3) is 0 Å². The quantitative estimate of drug-likeness (QED) is 0.303. The van der Waals surface area contributed by atoms with E-state index in [4.69, 9.17) is 10.3 Å². The Morgan fingerprint density at radius 1 is 1.38 bits per heavy atom. The normalized spacial score (nSPS) is 26.9. The van der Waals surface area contributed by atoms with Gasteiger partial charge in [0.15, 0.2) is 0 Å². The molecule has 6 nitrogen and oxygen atoms in total. The predicted molar refractivity (Wildman–Crippen MR) is 81.8 cm³/mol. The third-order valence-corrected chi connectivity index (χ3v) is 8.32. The highest BCUT2D eigenvalue weighted by Crippen LogP contribution is 2.40. The molecule has 1 aliphatic heterocycles. The van der Waals surface area contributed by atoms with Crippen LogP contribution in [0, 0.1) is 0 Å². The van der Waals surface area contributed by atoms with Crippen LogP contribution in [-0.4, -0.2) is 37.4 Å². The number of benzene rings is 1. The Bertz CT molecular complexity index is 570. The van der Waals surface area contributed by atoms with Gasteiger partial charge in [-0.15, -0.1) is 0 Å². The zero-order chi connectivity index (χ0) is 15.6. The van der Waals surface area contributed by atoms with Crippen LogP contribution in [0.25, 0.3) is 10.4 Å². The highest BCUT2D eigenvalue weighted by molar-refractivity contribution is 6.91. The summed E-state index contributed by atoms with van der Waals surface area (Å²) in [5.74, 6) is -0.541. The molecule has 1 N–H and O–H groups in total. The SMILES string of the molecule is C[C@H](O)[C@H]1OC(=O)[C@@H](N=[N+]=[N-])[C@@H]1[Si](C)(C)c1ccccc1. The third kappa shape index (κ3) is 2.81. The second kappa shape index (κ2) is 5.89. The summed E-state index contributed by atoms with van der Waals surface area (Å²) in [6.07, 6.45) is -1.43. The molecule has 2 rings (SSSR count).